The van der Waals surface area contributed by atoms with Crippen molar-refractivity contribution in [1.29, 1.82) is 0 Å². The predicted octanol–water partition coefficient (Wildman–Crippen LogP) is 2.03. The molecule has 2 aromatic rings. The standard InChI is InChI=1S/C25H27FN4O4/c26-20-12-16(14-29-8-10-34-11-9-29)4-5-17(20)13-27-21-3-1-2-18-19(21)15-30(25(18)33)22-6-7-23(31)28-24(22)32/h1-5,12,22,27H,6-11,13-15H2,(H,28,31,32)/t22-/m1/s1/i1D,2D,3D,22D. The SMILES string of the molecule is [2H]c1c([2H])c(NCc2ccc(CN3CCOCC3)cc2F)c2c(c1[2H])C(=O)N([C@]1([2H])CCC(=O)NC1=O)C2. The average molecular weight is 471 g/mol. The number of rotatable bonds is 6. The van der Waals surface area contributed by atoms with Crippen LogP contribution in [0.2, 0.25) is 0 Å². The van der Waals surface area contributed by atoms with Crippen molar-refractivity contribution in [3.05, 3.63) is 64.4 Å². The summed E-state index contributed by atoms with van der Waals surface area (Å²) < 4.78 is 53.8. The van der Waals surface area contributed by atoms with E-state index in [4.69, 9.17) is 10.2 Å². The van der Waals surface area contributed by atoms with Gasteiger partial charge in [-0.25, -0.2) is 4.39 Å². The number of fused-ring (bicyclic) bond motifs is 1. The summed E-state index contributed by atoms with van der Waals surface area (Å²) in [6.45, 7) is 3.12. The minimum atomic E-state index is -2.07. The number of nitrogens with one attached hydrogen (secondary N) is 2. The minimum absolute atomic E-state index is 0.0476. The Balaban J connectivity index is 1.39. The van der Waals surface area contributed by atoms with E-state index in [2.05, 4.69) is 15.5 Å². The van der Waals surface area contributed by atoms with Crippen molar-refractivity contribution in [3.8, 4) is 0 Å². The zero-order valence-electron chi connectivity index (χ0n) is 22.5. The highest BCUT2D eigenvalue weighted by Gasteiger charge is 2.39. The number of ether oxygens (including phenoxy) is 1. The van der Waals surface area contributed by atoms with Gasteiger partial charge in [0.25, 0.3) is 5.91 Å². The molecule has 3 heterocycles. The molecule has 2 saturated heterocycles. The normalized spacial score (nSPS) is 24.7. The van der Waals surface area contributed by atoms with Crippen LogP contribution >= 0.6 is 0 Å². The lowest BCUT2D eigenvalue weighted by molar-refractivity contribution is -0.136. The number of halogens is 1. The van der Waals surface area contributed by atoms with Gasteiger partial charge in [-0.2, -0.15) is 0 Å². The van der Waals surface area contributed by atoms with Crippen LogP contribution in [0.5, 0.6) is 0 Å². The number of carbonyl (C=O) groups excluding carboxylic acids is 3. The van der Waals surface area contributed by atoms with Crippen molar-refractivity contribution in [1.82, 2.24) is 15.1 Å². The molecule has 2 aromatic carbocycles. The number of carbonyl (C=O) groups is 3. The van der Waals surface area contributed by atoms with E-state index in [9.17, 15) is 18.8 Å². The first kappa shape index (κ1) is 18.1. The van der Waals surface area contributed by atoms with E-state index >= 15 is 0 Å². The quantitative estimate of drug-likeness (QED) is 0.628. The molecule has 0 unspecified atom stereocenters. The van der Waals surface area contributed by atoms with E-state index in [1.54, 1.807) is 6.07 Å². The summed E-state index contributed by atoms with van der Waals surface area (Å²) in [5.41, 5.74) is 1.22. The van der Waals surface area contributed by atoms with Crippen molar-refractivity contribution in [2.45, 2.75) is 38.5 Å². The Morgan fingerprint density at radius 1 is 1.24 bits per heavy atom. The number of amides is 3. The smallest absolute Gasteiger partial charge is 0.255 e. The second-order valence-electron chi connectivity index (χ2n) is 8.49. The third-order valence-corrected chi connectivity index (χ3v) is 6.27. The van der Waals surface area contributed by atoms with Crippen LogP contribution in [0.15, 0.2) is 36.3 Å². The third-order valence-electron chi connectivity index (χ3n) is 6.27. The number of piperidine rings is 1. The summed E-state index contributed by atoms with van der Waals surface area (Å²) in [5, 5.41) is 5.04. The number of hydrogen-bond acceptors (Lipinski definition) is 6. The van der Waals surface area contributed by atoms with Gasteiger partial charge in [-0.15, -0.1) is 0 Å². The van der Waals surface area contributed by atoms with Crippen molar-refractivity contribution in [2.24, 2.45) is 0 Å². The molecule has 8 nitrogen and oxygen atoms in total. The molecule has 3 aliphatic heterocycles. The number of nitrogens with zero attached hydrogens (tertiary/aromatic N) is 2. The van der Waals surface area contributed by atoms with Crippen LogP contribution in [0, 0.1) is 5.82 Å². The maximum atomic E-state index is 15.0. The molecule has 9 heteroatoms. The maximum absolute atomic E-state index is 15.0. The fourth-order valence-corrected chi connectivity index (χ4v) is 4.40. The van der Waals surface area contributed by atoms with Crippen LogP contribution < -0.4 is 10.6 Å². The predicted molar refractivity (Wildman–Crippen MR) is 122 cm³/mol. The van der Waals surface area contributed by atoms with Gasteiger partial charge in [0, 0.05) is 61.5 Å². The minimum Gasteiger partial charge on any atom is -0.381 e. The van der Waals surface area contributed by atoms with Crippen LogP contribution in [0.25, 0.3) is 0 Å². The largest absolute Gasteiger partial charge is 0.381 e. The maximum Gasteiger partial charge on any atom is 0.255 e. The lowest BCUT2D eigenvalue weighted by Crippen LogP contribution is -2.52. The van der Waals surface area contributed by atoms with E-state index in [0.29, 0.717) is 25.3 Å². The molecule has 0 bridgehead atoms. The summed E-state index contributed by atoms with van der Waals surface area (Å²) in [7, 11) is 0. The molecule has 0 aliphatic carbocycles. The van der Waals surface area contributed by atoms with Gasteiger partial charge < -0.3 is 15.0 Å². The Labute approximate surface area is 202 Å². The fraction of sp³-hybridized carbons (Fsp3) is 0.400. The number of benzene rings is 2. The molecule has 5 rings (SSSR count). The lowest BCUT2D eigenvalue weighted by Gasteiger charge is -2.29. The molecule has 34 heavy (non-hydrogen) atoms. The fourth-order valence-electron chi connectivity index (χ4n) is 4.40. The van der Waals surface area contributed by atoms with Crippen LogP contribution in [-0.4, -0.2) is 59.8 Å². The molecule has 0 radical (unpaired) electrons. The monoisotopic (exact) mass is 470 g/mol. The van der Waals surface area contributed by atoms with E-state index in [0.717, 1.165) is 23.6 Å². The summed E-state index contributed by atoms with van der Waals surface area (Å²) in [5.74, 6) is -2.71. The van der Waals surface area contributed by atoms with Crippen LogP contribution in [-0.2, 0) is 34.0 Å². The Morgan fingerprint density at radius 2 is 2.06 bits per heavy atom. The molecule has 0 aromatic heterocycles. The number of imide groups is 1. The highest BCUT2D eigenvalue weighted by molar-refractivity contribution is 6.06. The summed E-state index contributed by atoms with van der Waals surface area (Å²) in [4.78, 5) is 40.5. The summed E-state index contributed by atoms with van der Waals surface area (Å²) in [6.07, 6.45) is -0.334. The molecular weight excluding hydrogens is 439 g/mol. The van der Waals surface area contributed by atoms with Gasteiger partial charge in [-0.3, -0.25) is 24.6 Å². The molecule has 0 saturated carbocycles. The Morgan fingerprint density at radius 3 is 2.82 bits per heavy atom. The molecule has 0 spiro atoms. The van der Waals surface area contributed by atoms with E-state index in [1.165, 1.54) is 6.07 Å². The van der Waals surface area contributed by atoms with Gasteiger partial charge in [0.2, 0.25) is 11.8 Å². The van der Waals surface area contributed by atoms with E-state index < -0.39 is 41.6 Å². The van der Waals surface area contributed by atoms with Gasteiger partial charge in [0.05, 0.1) is 18.7 Å². The number of morpholine rings is 1. The first-order chi connectivity index (χ1) is 18.1. The molecule has 2 N–H and O–H groups in total. The van der Waals surface area contributed by atoms with E-state index in [-0.39, 0.29) is 48.8 Å². The van der Waals surface area contributed by atoms with Crippen molar-refractivity contribution in [3.63, 3.8) is 0 Å². The highest BCUT2D eigenvalue weighted by Crippen LogP contribution is 2.32. The van der Waals surface area contributed by atoms with Gasteiger partial charge in [0.1, 0.15) is 11.8 Å². The van der Waals surface area contributed by atoms with Crippen molar-refractivity contribution >= 4 is 23.4 Å². The second-order valence-corrected chi connectivity index (χ2v) is 8.49. The van der Waals surface area contributed by atoms with Gasteiger partial charge in [0.15, 0.2) is 0 Å². The molecule has 3 aliphatic rings. The Bertz CT molecular complexity index is 1340. The Hall–Kier alpha value is -3.30. The van der Waals surface area contributed by atoms with Gasteiger partial charge in [-0.1, -0.05) is 18.2 Å². The van der Waals surface area contributed by atoms with Crippen molar-refractivity contribution in [2.75, 3.05) is 31.6 Å². The number of hydrogen-bond donors (Lipinski definition) is 2. The summed E-state index contributed by atoms with van der Waals surface area (Å²) in [6, 6.07) is 1.54. The summed E-state index contributed by atoms with van der Waals surface area (Å²) >= 11 is 0. The highest BCUT2D eigenvalue weighted by atomic mass is 19.1. The molecule has 2 fully saturated rings. The van der Waals surface area contributed by atoms with Crippen LogP contribution in [0.3, 0.4) is 0 Å². The van der Waals surface area contributed by atoms with Crippen LogP contribution in [0.1, 0.15) is 45.4 Å². The van der Waals surface area contributed by atoms with E-state index in [1.807, 2.05) is 6.07 Å². The van der Waals surface area contributed by atoms with Crippen molar-refractivity contribution < 1.29 is 29.0 Å². The first-order valence-corrected chi connectivity index (χ1v) is 11.2. The van der Waals surface area contributed by atoms with Gasteiger partial charge >= 0.3 is 0 Å². The first-order valence-electron chi connectivity index (χ1n) is 13.2. The Kier molecular flexibility index (Phi) is 5.06. The van der Waals surface area contributed by atoms with Gasteiger partial charge in [-0.05, 0) is 30.1 Å². The zero-order valence-corrected chi connectivity index (χ0v) is 18.5. The second kappa shape index (κ2) is 9.52. The van der Waals surface area contributed by atoms with Crippen LogP contribution in [0.4, 0.5) is 10.1 Å². The zero-order chi connectivity index (χ0) is 27.2. The molecular formula is C25H27FN4O4. The lowest BCUT2D eigenvalue weighted by atomic mass is 10.0. The molecule has 3 amide bonds. The number of anilines is 1. The third kappa shape index (κ3) is 4.53. The molecule has 178 valence electrons. The molecule has 1 atom stereocenters. The topological polar surface area (TPSA) is 91.0 Å². The average Bonchev–Trinajstić information content (AvgIpc) is 3.24.